The first-order valence-electron chi connectivity index (χ1n) is 10.5. The van der Waals surface area contributed by atoms with Gasteiger partial charge in [0.15, 0.2) is 0 Å². The average molecular weight is 422 g/mol. The lowest BCUT2D eigenvalue weighted by Gasteiger charge is -2.35. The van der Waals surface area contributed by atoms with E-state index < -0.39 is 0 Å². The highest BCUT2D eigenvalue weighted by Gasteiger charge is 2.24. The van der Waals surface area contributed by atoms with Crippen molar-refractivity contribution >= 4 is 28.6 Å². The Morgan fingerprint density at radius 2 is 1.84 bits per heavy atom. The molecule has 1 saturated heterocycles. The number of aromatic nitrogens is 2. The monoisotopic (exact) mass is 422 g/mol. The number of carbonyl (C=O) groups is 2. The lowest BCUT2D eigenvalue weighted by Crippen LogP contribution is -2.49. The Hall–Kier alpha value is -3.55. The number of nitrogens with zero attached hydrogens (tertiary/aromatic N) is 3. The first kappa shape index (κ1) is 20.7. The minimum atomic E-state index is -0.372. The van der Waals surface area contributed by atoms with E-state index in [4.69, 9.17) is 9.47 Å². The fraction of sp³-hybridized carbons (Fsp3) is 0.348. The SMILES string of the molecule is CCOC(=O)c1ccc(N2CCN(C(=O)c3cc4ccc(OCC)cc4[nH]3)CC2)nc1. The number of ether oxygens (including phenoxy) is 2. The van der Waals surface area contributed by atoms with Gasteiger partial charge in [0.2, 0.25) is 0 Å². The molecule has 8 nitrogen and oxygen atoms in total. The van der Waals surface area contributed by atoms with Gasteiger partial charge >= 0.3 is 5.97 Å². The van der Waals surface area contributed by atoms with Crippen LogP contribution in [0.3, 0.4) is 0 Å². The van der Waals surface area contributed by atoms with Crippen molar-refractivity contribution in [3.8, 4) is 5.75 Å². The largest absolute Gasteiger partial charge is 0.494 e. The predicted octanol–water partition coefficient (Wildman–Crippen LogP) is 3.10. The minimum Gasteiger partial charge on any atom is -0.494 e. The Morgan fingerprint density at radius 1 is 1.03 bits per heavy atom. The van der Waals surface area contributed by atoms with Gasteiger partial charge in [0.05, 0.1) is 18.8 Å². The van der Waals surface area contributed by atoms with E-state index in [0.29, 0.717) is 50.7 Å². The van der Waals surface area contributed by atoms with Crippen LogP contribution in [0.4, 0.5) is 5.82 Å². The summed E-state index contributed by atoms with van der Waals surface area (Å²) in [5.41, 5.74) is 1.90. The first-order valence-corrected chi connectivity index (χ1v) is 10.5. The number of hydrogen-bond acceptors (Lipinski definition) is 6. The molecule has 3 heterocycles. The third kappa shape index (κ3) is 4.47. The van der Waals surface area contributed by atoms with Gasteiger partial charge in [-0.25, -0.2) is 9.78 Å². The molecular formula is C23H26N4O4. The molecule has 31 heavy (non-hydrogen) atoms. The van der Waals surface area contributed by atoms with Gasteiger partial charge in [-0.15, -0.1) is 0 Å². The molecule has 0 atom stereocenters. The van der Waals surface area contributed by atoms with Gasteiger partial charge in [0, 0.05) is 49.3 Å². The summed E-state index contributed by atoms with van der Waals surface area (Å²) in [4.78, 5) is 36.3. The van der Waals surface area contributed by atoms with Crippen LogP contribution in [-0.2, 0) is 4.74 Å². The van der Waals surface area contributed by atoms with Gasteiger partial charge in [0.25, 0.3) is 5.91 Å². The van der Waals surface area contributed by atoms with E-state index in [-0.39, 0.29) is 11.9 Å². The summed E-state index contributed by atoms with van der Waals surface area (Å²) in [5, 5.41) is 0.983. The molecule has 1 aliphatic heterocycles. The highest BCUT2D eigenvalue weighted by Crippen LogP contribution is 2.23. The third-order valence-electron chi connectivity index (χ3n) is 5.29. The van der Waals surface area contributed by atoms with E-state index in [9.17, 15) is 9.59 Å². The van der Waals surface area contributed by atoms with Crippen LogP contribution in [0, 0.1) is 0 Å². The molecule has 8 heteroatoms. The molecule has 1 fully saturated rings. The van der Waals surface area contributed by atoms with Crippen LogP contribution in [0.25, 0.3) is 10.9 Å². The minimum absolute atomic E-state index is 0.0144. The summed E-state index contributed by atoms with van der Waals surface area (Å²) >= 11 is 0. The zero-order valence-electron chi connectivity index (χ0n) is 17.8. The summed E-state index contributed by atoms with van der Waals surface area (Å²) < 4.78 is 10.5. The summed E-state index contributed by atoms with van der Waals surface area (Å²) in [6, 6.07) is 11.2. The highest BCUT2D eigenvalue weighted by molar-refractivity contribution is 5.98. The van der Waals surface area contributed by atoms with E-state index >= 15 is 0 Å². The van der Waals surface area contributed by atoms with E-state index in [1.165, 1.54) is 6.20 Å². The summed E-state index contributed by atoms with van der Waals surface area (Å²) in [6.07, 6.45) is 1.53. The number of carbonyl (C=O) groups excluding carboxylic acids is 2. The molecule has 0 spiro atoms. The molecule has 1 N–H and O–H groups in total. The Kier molecular flexibility index (Phi) is 6.06. The molecule has 162 valence electrons. The predicted molar refractivity (Wildman–Crippen MR) is 118 cm³/mol. The number of pyridine rings is 1. The van der Waals surface area contributed by atoms with E-state index in [0.717, 1.165) is 22.5 Å². The molecule has 1 aliphatic rings. The summed E-state index contributed by atoms with van der Waals surface area (Å²) in [5.74, 6) is 1.18. The Bertz CT molecular complexity index is 1070. The number of nitrogens with one attached hydrogen (secondary N) is 1. The number of rotatable bonds is 6. The van der Waals surface area contributed by atoms with Crippen molar-refractivity contribution in [2.45, 2.75) is 13.8 Å². The number of H-pyrrole nitrogens is 1. The smallest absolute Gasteiger partial charge is 0.339 e. The van der Waals surface area contributed by atoms with E-state index in [1.54, 1.807) is 13.0 Å². The first-order chi connectivity index (χ1) is 15.1. The lowest BCUT2D eigenvalue weighted by molar-refractivity contribution is 0.0525. The maximum atomic E-state index is 13.0. The van der Waals surface area contributed by atoms with Crippen LogP contribution in [0.15, 0.2) is 42.6 Å². The van der Waals surface area contributed by atoms with Crippen LogP contribution < -0.4 is 9.64 Å². The Morgan fingerprint density at radius 3 is 2.52 bits per heavy atom. The number of piperazine rings is 1. The number of benzene rings is 1. The van der Waals surface area contributed by atoms with Gasteiger partial charge in [-0.2, -0.15) is 0 Å². The second-order valence-electron chi connectivity index (χ2n) is 7.27. The number of hydrogen-bond donors (Lipinski definition) is 1. The third-order valence-corrected chi connectivity index (χ3v) is 5.29. The van der Waals surface area contributed by atoms with Gasteiger partial charge in [-0.05, 0) is 44.2 Å². The topological polar surface area (TPSA) is 87.8 Å². The van der Waals surface area contributed by atoms with E-state index in [1.807, 2.05) is 42.2 Å². The van der Waals surface area contributed by atoms with Crippen LogP contribution in [0.5, 0.6) is 5.75 Å². The zero-order chi connectivity index (χ0) is 21.8. The number of aromatic amines is 1. The normalized spacial score (nSPS) is 14.0. The molecule has 0 radical (unpaired) electrons. The van der Waals surface area contributed by atoms with Crippen molar-refractivity contribution in [1.82, 2.24) is 14.9 Å². The zero-order valence-corrected chi connectivity index (χ0v) is 17.8. The van der Waals surface area contributed by atoms with Gasteiger partial charge in [-0.3, -0.25) is 4.79 Å². The van der Waals surface area contributed by atoms with Crippen LogP contribution in [-0.4, -0.2) is 66.1 Å². The molecule has 1 aromatic carbocycles. The van der Waals surface area contributed by atoms with E-state index in [2.05, 4.69) is 14.9 Å². The maximum absolute atomic E-state index is 13.0. The van der Waals surface area contributed by atoms with Crippen molar-refractivity contribution in [3.05, 3.63) is 53.9 Å². The molecule has 0 bridgehead atoms. The van der Waals surface area contributed by atoms with Crippen molar-refractivity contribution < 1.29 is 19.1 Å². The quantitative estimate of drug-likeness (QED) is 0.614. The fourth-order valence-corrected chi connectivity index (χ4v) is 3.70. The Balaban J connectivity index is 1.38. The highest BCUT2D eigenvalue weighted by atomic mass is 16.5. The van der Waals surface area contributed by atoms with Crippen molar-refractivity contribution in [2.24, 2.45) is 0 Å². The standard InChI is InChI=1S/C23H26N4O4/c1-3-30-18-7-5-16-13-20(25-19(16)14-18)22(28)27-11-9-26(10-12-27)21-8-6-17(15-24-21)23(29)31-4-2/h5-8,13-15,25H,3-4,9-12H2,1-2H3. The number of fused-ring (bicyclic) bond motifs is 1. The molecule has 4 rings (SSSR count). The number of anilines is 1. The van der Waals surface area contributed by atoms with Crippen molar-refractivity contribution in [2.75, 3.05) is 44.3 Å². The van der Waals surface area contributed by atoms with Crippen molar-refractivity contribution in [3.63, 3.8) is 0 Å². The van der Waals surface area contributed by atoms with Crippen LogP contribution in [0.2, 0.25) is 0 Å². The molecular weight excluding hydrogens is 396 g/mol. The molecule has 0 saturated carbocycles. The second-order valence-corrected chi connectivity index (χ2v) is 7.27. The maximum Gasteiger partial charge on any atom is 0.339 e. The molecule has 2 aromatic heterocycles. The summed E-state index contributed by atoms with van der Waals surface area (Å²) in [7, 11) is 0. The number of esters is 1. The molecule has 1 amide bonds. The molecule has 3 aromatic rings. The fourth-order valence-electron chi connectivity index (χ4n) is 3.70. The van der Waals surface area contributed by atoms with Gasteiger partial charge in [-0.1, -0.05) is 0 Å². The van der Waals surface area contributed by atoms with Crippen molar-refractivity contribution in [1.29, 1.82) is 0 Å². The number of amides is 1. The lowest BCUT2D eigenvalue weighted by atomic mass is 10.2. The second kappa shape index (κ2) is 9.07. The average Bonchev–Trinajstić information content (AvgIpc) is 3.23. The van der Waals surface area contributed by atoms with Gasteiger partial charge < -0.3 is 24.3 Å². The molecule has 0 aliphatic carbocycles. The Labute approximate surface area is 180 Å². The van der Waals surface area contributed by atoms with Gasteiger partial charge in [0.1, 0.15) is 17.3 Å². The summed E-state index contributed by atoms with van der Waals surface area (Å²) in [6.45, 7) is 7.19. The molecule has 0 unspecified atom stereocenters. The van der Waals surface area contributed by atoms with Crippen LogP contribution in [0.1, 0.15) is 34.7 Å². The van der Waals surface area contributed by atoms with Crippen LogP contribution >= 0.6 is 0 Å².